The van der Waals surface area contributed by atoms with Crippen LogP contribution in [0.25, 0.3) is 11.0 Å². The van der Waals surface area contributed by atoms with Crippen molar-refractivity contribution in [2.45, 2.75) is 33.2 Å². The van der Waals surface area contributed by atoms with Crippen LogP contribution in [-0.2, 0) is 21.5 Å². The number of hydrogen-bond acceptors (Lipinski definition) is 6. The van der Waals surface area contributed by atoms with Gasteiger partial charge in [-0.1, -0.05) is 31.1 Å². The Balaban J connectivity index is 1.27. The molecule has 1 aromatic carbocycles. The van der Waals surface area contributed by atoms with Crippen LogP contribution in [0, 0.1) is 5.92 Å². The Hall–Kier alpha value is -2.01. The normalized spacial score (nSPS) is 19.8. The van der Waals surface area contributed by atoms with Gasteiger partial charge in [-0.3, -0.25) is 9.69 Å². The molecule has 2 fully saturated rings. The Morgan fingerprint density at radius 1 is 1.06 bits per heavy atom. The second kappa shape index (κ2) is 9.86. The number of carbonyl (C=O) groups is 1. The predicted molar refractivity (Wildman–Crippen MR) is 122 cm³/mol. The Morgan fingerprint density at radius 2 is 1.72 bits per heavy atom. The lowest BCUT2D eigenvalue weighted by molar-refractivity contribution is -0.138. The van der Waals surface area contributed by atoms with Gasteiger partial charge in [-0.25, -0.2) is 0 Å². The highest BCUT2D eigenvalue weighted by molar-refractivity contribution is 7.86. The fourth-order valence-electron chi connectivity index (χ4n) is 4.70. The molecule has 32 heavy (non-hydrogen) atoms. The standard InChI is InChI=1S/C22H33N5O4S/c1-3-26(4-2)32(29,30)27-11-9-18(10-12-27)22(28)25-15-13-24(14-16-25)17-20-19-7-5-6-8-21(19)31-23-20/h5-8,18H,3-4,9-17H2,1-2H3. The van der Waals surface area contributed by atoms with Gasteiger partial charge in [0.25, 0.3) is 10.2 Å². The van der Waals surface area contributed by atoms with Crippen LogP contribution >= 0.6 is 0 Å². The van der Waals surface area contributed by atoms with Crippen molar-refractivity contribution < 1.29 is 17.7 Å². The Labute approximate surface area is 190 Å². The SMILES string of the molecule is CCN(CC)S(=O)(=O)N1CCC(C(=O)N2CCN(Cc3noc4ccccc34)CC2)CC1. The van der Waals surface area contributed by atoms with Crippen LogP contribution in [0.15, 0.2) is 28.8 Å². The van der Waals surface area contributed by atoms with E-state index in [4.69, 9.17) is 4.52 Å². The topological polar surface area (TPSA) is 90.2 Å². The van der Waals surface area contributed by atoms with Crippen molar-refractivity contribution in [2.75, 3.05) is 52.4 Å². The van der Waals surface area contributed by atoms with E-state index in [9.17, 15) is 13.2 Å². The van der Waals surface area contributed by atoms with E-state index in [0.717, 1.165) is 29.8 Å². The van der Waals surface area contributed by atoms with Crippen LogP contribution in [0.1, 0.15) is 32.4 Å². The van der Waals surface area contributed by atoms with E-state index in [1.54, 1.807) is 0 Å². The van der Waals surface area contributed by atoms with Gasteiger partial charge in [-0.2, -0.15) is 17.0 Å². The Morgan fingerprint density at radius 3 is 2.38 bits per heavy atom. The molecular formula is C22H33N5O4S. The number of piperazine rings is 1. The summed E-state index contributed by atoms with van der Waals surface area (Å²) in [4.78, 5) is 17.3. The molecule has 2 saturated heterocycles. The van der Waals surface area contributed by atoms with Crippen molar-refractivity contribution in [1.82, 2.24) is 23.6 Å². The minimum atomic E-state index is -3.42. The molecule has 1 aromatic heterocycles. The van der Waals surface area contributed by atoms with Crippen LogP contribution in [0.2, 0.25) is 0 Å². The lowest BCUT2D eigenvalue weighted by atomic mass is 9.96. The number of para-hydroxylation sites is 1. The molecule has 2 aliphatic rings. The van der Waals surface area contributed by atoms with E-state index in [2.05, 4.69) is 10.1 Å². The first-order valence-electron chi connectivity index (χ1n) is 11.5. The molecule has 0 atom stereocenters. The first kappa shape index (κ1) is 23.2. The molecule has 176 valence electrons. The van der Waals surface area contributed by atoms with Gasteiger partial charge in [0.05, 0.1) is 0 Å². The number of nitrogens with zero attached hydrogens (tertiary/aromatic N) is 5. The molecule has 2 aliphatic heterocycles. The second-order valence-corrected chi connectivity index (χ2v) is 10.4. The molecule has 0 radical (unpaired) electrons. The van der Waals surface area contributed by atoms with Crippen molar-refractivity contribution in [3.05, 3.63) is 30.0 Å². The van der Waals surface area contributed by atoms with Crippen molar-refractivity contribution in [3.63, 3.8) is 0 Å². The molecule has 2 aromatic rings. The summed E-state index contributed by atoms with van der Waals surface area (Å²) in [7, 11) is -3.42. The van der Waals surface area contributed by atoms with E-state index in [0.29, 0.717) is 58.7 Å². The van der Waals surface area contributed by atoms with Crippen LogP contribution in [0.5, 0.6) is 0 Å². The quantitative estimate of drug-likeness (QED) is 0.622. The number of rotatable bonds is 7. The monoisotopic (exact) mass is 463 g/mol. The Kier molecular flexibility index (Phi) is 7.14. The van der Waals surface area contributed by atoms with Gasteiger partial charge < -0.3 is 9.42 Å². The summed E-state index contributed by atoms with van der Waals surface area (Å²) in [5, 5.41) is 5.25. The number of benzene rings is 1. The summed E-state index contributed by atoms with van der Waals surface area (Å²) in [6.45, 7) is 9.12. The zero-order valence-electron chi connectivity index (χ0n) is 18.9. The fraction of sp³-hybridized carbons (Fsp3) is 0.636. The van der Waals surface area contributed by atoms with Crippen molar-refractivity contribution >= 4 is 27.1 Å². The number of carbonyl (C=O) groups excluding carboxylic acids is 1. The van der Waals surface area contributed by atoms with Crippen molar-refractivity contribution in [3.8, 4) is 0 Å². The van der Waals surface area contributed by atoms with Gasteiger partial charge in [-0.05, 0) is 25.0 Å². The van der Waals surface area contributed by atoms with Crippen molar-refractivity contribution in [2.24, 2.45) is 5.92 Å². The summed E-state index contributed by atoms with van der Waals surface area (Å²) < 4.78 is 33.8. The highest BCUT2D eigenvalue weighted by Gasteiger charge is 2.35. The van der Waals surface area contributed by atoms with Crippen molar-refractivity contribution in [1.29, 1.82) is 0 Å². The van der Waals surface area contributed by atoms with E-state index in [-0.39, 0.29) is 11.8 Å². The maximum absolute atomic E-state index is 13.1. The van der Waals surface area contributed by atoms with E-state index in [1.165, 1.54) is 8.61 Å². The maximum atomic E-state index is 13.1. The van der Waals surface area contributed by atoms with Crippen LogP contribution in [-0.4, -0.2) is 90.2 Å². The lowest BCUT2D eigenvalue weighted by Crippen LogP contribution is -2.52. The molecule has 9 nitrogen and oxygen atoms in total. The summed E-state index contributed by atoms with van der Waals surface area (Å²) in [6.07, 6.45) is 1.18. The average Bonchev–Trinajstić information content (AvgIpc) is 3.22. The molecule has 1 amide bonds. The third-order valence-electron chi connectivity index (χ3n) is 6.67. The largest absolute Gasteiger partial charge is 0.356 e. The predicted octanol–water partition coefficient (Wildman–Crippen LogP) is 1.77. The molecule has 10 heteroatoms. The van der Waals surface area contributed by atoms with E-state index < -0.39 is 10.2 Å². The number of aromatic nitrogens is 1. The van der Waals surface area contributed by atoms with Gasteiger partial charge in [0.2, 0.25) is 5.91 Å². The first-order valence-corrected chi connectivity index (χ1v) is 12.9. The van der Waals surface area contributed by atoms with Gasteiger partial charge in [0, 0.05) is 70.2 Å². The summed E-state index contributed by atoms with van der Waals surface area (Å²) in [5.41, 5.74) is 1.73. The van der Waals surface area contributed by atoms with E-state index >= 15 is 0 Å². The highest BCUT2D eigenvalue weighted by atomic mass is 32.2. The molecule has 0 aliphatic carbocycles. The molecule has 0 bridgehead atoms. The molecule has 0 N–H and O–H groups in total. The van der Waals surface area contributed by atoms with Crippen LogP contribution < -0.4 is 0 Å². The molecule has 0 unspecified atom stereocenters. The van der Waals surface area contributed by atoms with Gasteiger partial charge in [0.15, 0.2) is 5.58 Å². The molecule has 3 heterocycles. The lowest BCUT2D eigenvalue weighted by Gasteiger charge is -2.38. The zero-order valence-corrected chi connectivity index (χ0v) is 19.8. The average molecular weight is 464 g/mol. The number of piperidine rings is 1. The minimum absolute atomic E-state index is 0.0933. The highest BCUT2D eigenvalue weighted by Crippen LogP contribution is 2.24. The molecular weight excluding hydrogens is 430 g/mol. The summed E-state index contributed by atoms with van der Waals surface area (Å²) >= 11 is 0. The second-order valence-electron chi connectivity index (χ2n) is 8.49. The Bertz CT molecular complexity index is 1020. The third kappa shape index (κ3) is 4.68. The number of amides is 1. The number of hydrogen-bond donors (Lipinski definition) is 0. The summed E-state index contributed by atoms with van der Waals surface area (Å²) in [6, 6.07) is 7.86. The van der Waals surface area contributed by atoms with Crippen LogP contribution in [0.4, 0.5) is 0 Å². The molecule has 0 saturated carbocycles. The third-order valence-corrected chi connectivity index (χ3v) is 8.86. The zero-order chi connectivity index (χ0) is 22.7. The number of fused-ring (bicyclic) bond motifs is 1. The summed E-state index contributed by atoms with van der Waals surface area (Å²) in [5.74, 6) is 0.0700. The van der Waals surface area contributed by atoms with Gasteiger partial charge in [-0.15, -0.1) is 0 Å². The maximum Gasteiger partial charge on any atom is 0.281 e. The van der Waals surface area contributed by atoms with Gasteiger partial charge in [0.1, 0.15) is 5.69 Å². The van der Waals surface area contributed by atoms with Crippen LogP contribution in [0.3, 0.4) is 0 Å². The van der Waals surface area contributed by atoms with E-state index in [1.807, 2.05) is 43.0 Å². The van der Waals surface area contributed by atoms with Gasteiger partial charge >= 0.3 is 0 Å². The molecule has 4 rings (SSSR count). The smallest absolute Gasteiger partial charge is 0.281 e. The minimum Gasteiger partial charge on any atom is -0.356 e. The fourth-order valence-corrected chi connectivity index (χ4v) is 6.35. The first-order chi connectivity index (χ1) is 15.4. The molecule has 0 spiro atoms.